The molecule has 5 heteroatoms. The van der Waals surface area contributed by atoms with Crippen LogP contribution in [0.25, 0.3) is 0 Å². The number of nitrogens with zero attached hydrogens (tertiary/aromatic N) is 1. The fourth-order valence-electron chi connectivity index (χ4n) is 2.65. The Bertz CT molecular complexity index is 288. The van der Waals surface area contributed by atoms with E-state index in [-0.39, 0.29) is 50.0 Å². The topological polar surface area (TPSA) is 20.3 Å². The Balaban J connectivity index is 1.89. The summed E-state index contributed by atoms with van der Waals surface area (Å²) in [5.74, 6) is -3.21. The maximum atomic E-state index is 13.3. The van der Waals surface area contributed by atoms with Crippen molar-refractivity contribution in [1.29, 1.82) is 0 Å². The monoisotopic (exact) mass is 249 g/mol. The molecule has 1 aliphatic heterocycles. The van der Waals surface area contributed by atoms with Gasteiger partial charge in [0.05, 0.1) is 6.54 Å². The SMILES string of the molecule is C[C@@H]1CN(C(=O)C2CCC(F)(F)CC2)C[C@@H]1F. The van der Waals surface area contributed by atoms with Crippen LogP contribution in [0.3, 0.4) is 0 Å². The Hall–Kier alpha value is -0.740. The molecule has 1 heterocycles. The standard InChI is InChI=1S/C12H18F3NO/c1-8-6-16(7-10(8)13)11(17)9-2-4-12(14,15)5-3-9/h8-10H,2-7H2,1H3/t8-,10+/m1/s1. The molecule has 1 amide bonds. The molecule has 2 rings (SSSR count). The fourth-order valence-corrected chi connectivity index (χ4v) is 2.65. The van der Waals surface area contributed by atoms with Crippen LogP contribution in [-0.2, 0) is 4.79 Å². The second kappa shape index (κ2) is 4.50. The first-order valence-electron chi connectivity index (χ1n) is 6.20. The Morgan fingerprint density at radius 3 is 2.29 bits per heavy atom. The summed E-state index contributed by atoms with van der Waals surface area (Å²) in [6.45, 7) is 2.33. The van der Waals surface area contributed by atoms with Gasteiger partial charge in [0.15, 0.2) is 0 Å². The van der Waals surface area contributed by atoms with Gasteiger partial charge in [-0.05, 0) is 12.8 Å². The van der Waals surface area contributed by atoms with Gasteiger partial charge in [0, 0.05) is 31.2 Å². The zero-order valence-electron chi connectivity index (χ0n) is 9.96. The molecule has 2 fully saturated rings. The Kier molecular flexibility index (Phi) is 3.36. The quantitative estimate of drug-likeness (QED) is 0.699. The lowest BCUT2D eigenvalue weighted by Gasteiger charge is -2.30. The molecule has 1 aliphatic carbocycles. The highest BCUT2D eigenvalue weighted by atomic mass is 19.3. The van der Waals surface area contributed by atoms with Gasteiger partial charge in [-0.15, -0.1) is 0 Å². The fraction of sp³-hybridized carbons (Fsp3) is 0.917. The van der Waals surface area contributed by atoms with Gasteiger partial charge in [-0.2, -0.15) is 0 Å². The molecule has 2 atom stereocenters. The highest BCUT2D eigenvalue weighted by molar-refractivity contribution is 5.79. The highest BCUT2D eigenvalue weighted by Gasteiger charge is 2.41. The van der Waals surface area contributed by atoms with E-state index in [0.29, 0.717) is 6.54 Å². The van der Waals surface area contributed by atoms with E-state index in [9.17, 15) is 18.0 Å². The van der Waals surface area contributed by atoms with Crippen LogP contribution in [0.4, 0.5) is 13.2 Å². The van der Waals surface area contributed by atoms with E-state index in [0.717, 1.165) is 0 Å². The van der Waals surface area contributed by atoms with Crippen LogP contribution < -0.4 is 0 Å². The molecule has 0 radical (unpaired) electrons. The van der Waals surface area contributed by atoms with Crippen LogP contribution in [0, 0.1) is 11.8 Å². The van der Waals surface area contributed by atoms with Gasteiger partial charge < -0.3 is 4.90 Å². The average Bonchev–Trinajstić information content (AvgIpc) is 2.58. The molecule has 0 N–H and O–H groups in total. The molecule has 98 valence electrons. The third-order valence-electron chi connectivity index (χ3n) is 3.90. The Morgan fingerprint density at radius 1 is 1.24 bits per heavy atom. The van der Waals surface area contributed by atoms with E-state index in [4.69, 9.17) is 0 Å². The van der Waals surface area contributed by atoms with Crippen molar-refractivity contribution in [3.05, 3.63) is 0 Å². The molecule has 0 bridgehead atoms. The van der Waals surface area contributed by atoms with Crippen molar-refractivity contribution < 1.29 is 18.0 Å². The first-order chi connectivity index (χ1) is 7.89. The number of rotatable bonds is 1. The van der Waals surface area contributed by atoms with Crippen LogP contribution in [0.2, 0.25) is 0 Å². The Morgan fingerprint density at radius 2 is 1.82 bits per heavy atom. The van der Waals surface area contributed by atoms with Gasteiger partial charge in [-0.1, -0.05) is 6.92 Å². The van der Waals surface area contributed by atoms with Crippen LogP contribution >= 0.6 is 0 Å². The number of amides is 1. The second-order valence-electron chi connectivity index (χ2n) is 5.37. The van der Waals surface area contributed by atoms with Crippen molar-refractivity contribution in [2.24, 2.45) is 11.8 Å². The van der Waals surface area contributed by atoms with Gasteiger partial charge in [-0.3, -0.25) is 4.79 Å². The number of carbonyl (C=O) groups excluding carboxylic acids is 1. The molecule has 2 nitrogen and oxygen atoms in total. The van der Waals surface area contributed by atoms with E-state index in [1.165, 1.54) is 4.90 Å². The molecule has 1 saturated carbocycles. The predicted molar refractivity (Wildman–Crippen MR) is 57.5 cm³/mol. The van der Waals surface area contributed by atoms with E-state index in [1.807, 2.05) is 0 Å². The lowest BCUT2D eigenvalue weighted by Crippen LogP contribution is -2.38. The number of hydrogen-bond donors (Lipinski definition) is 0. The minimum absolute atomic E-state index is 0.132. The van der Waals surface area contributed by atoms with E-state index in [2.05, 4.69) is 0 Å². The first-order valence-corrected chi connectivity index (χ1v) is 6.20. The summed E-state index contributed by atoms with van der Waals surface area (Å²) in [6.07, 6.45) is -0.942. The smallest absolute Gasteiger partial charge is 0.248 e. The zero-order chi connectivity index (χ0) is 12.6. The van der Waals surface area contributed by atoms with Crippen molar-refractivity contribution in [2.75, 3.05) is 13.1 Å². The molecule has 17 heavy (non-hydrogen) atoms. The minimum atomic E-state index is -2.61. The minimum Gasteiger partial charge on any atom is -0.339 e. The van der Waals surface area contributed by atoms with Crippen molar-refractivity contribution >= 4 is 5.91 Å². The van der Waals surface area contributed by atoms with Crippen molar-refractivity contribution in [1.82, 2.24) is 4.90 Å². The lowest BCUT2D eigenvalue weighted by molar-refractivity contribution is -0.138. The second-order valence-corrected chi connectivity index (χ2v) is 5.37. The molecular weight excluding hydrogens is 231 g/mol. The molecule has 2 aliphatic rings. The number of hydrogen-bond acceptors (Lipinski definition) is 1. The van der Waals surface area contributed by atoms with Crippen LogP contribution in [-0.4, -0.2) is 36.0 Å². The number of alkyl halides is 3. The van der Waals surface area contributed by atoms with Crippen molar-refractivity contribution in [3.8, 4) is 0 Å². The summed E-state index contributed by atoms with van der Waals surface area (Å²) < 4.78 is 39.2. The Labute approximate surface area is 99.2 Å². The van der Waals surface area contributed by atoms with Crippen LogP contribution in [0.1, 0.15) is 32.6 Å². The molecule has 1 saturated heterocycles. The van der Waals surface area contributed by atoms with Gasteiger partial charge in [0.25, 0.3) is 0 Å². The molecular formula is C12H18F3NO. The normalized spacial score (nSPS) is 34.0. The molecule has 0 aromatic heterocycles. The first kappa shape index (κ1) is 12.7. The summed E-state index contributed by atoms with van der Waals surface area (Å²) in [5.41, 5.74) is 0. The number of halogens is 3. The largest absolute Gasteiger partial charge is 0.339 e. The maximum absolute atomic E-state index is 13.3. The third-order valence-corrected chi connectivity index (χ3v) is 3.90. The molecule has 0 spiro atoms. The van der Waals surface area contributed by atoms with E-state index >= 15 is 0 Å². The summed E-state index contributed by atoms with van der Waals surface area (Å²) in [5, 5.41) is 0. The van der Waals surface area contributed by atoms with Crippen molar-refractivity contribution in [2.45, 2.75) is 44.7 Å². The van der Waals surface area contributed by atoms with Gasteiger partial charge >= 0.3 is 0 Å². The van der Waals surface area contributed by atoms with Crippen LogP contribution in [0.5, 0.6) is 0 Å². The van der Waals surface area contributed by atoms with Gasteiger partial charge in [-0.25, -0.2) is 13.2 Å². The lowest BCUT2D eigenvalue weighted by atomic mass is 9.86. The maximum Gasteiger partial charge on any atom is 0.248 e. The third kappa shape index (κ3) is 2.75. The van der Waals surface area contributed by atoms with Crippen molar-refractivity contribution in [3.63, 3.8) is 0 Å². The van der Waals surface area contributed by atoms with Crippen LogP contribution in [0.15, 0.2) is 0 Å². The summed E-state index contributed by atoms with van der Waals surface area (Å²) in [7, 11) is 0. The molecule has 0 aromatic rings. The highest BCUT2D eigenvalue weighted by Crippen LogP contribution is 2.37. The zero-order valence-corrected chi connectivity index (χ0v) is 9.96. The van der Waals surface area contributed by atoms with E-state index < -0.39 is 12.1 Å². The molecule has 0 aromatic carbocycles. The van der Waals surface area contributed by atoms with Gasteiger partial charge in [0.1, 0.15) is 6.17 Å². The number of carbonyl (C=O) groups is 1. The van der Waals surface area contributed by atoms with Gasteiger partial charge in [0.2, 0.25) is 11.8 Å². The summed E-state index contributed by atoms with van der Waals surface area (Å²) >= 11 is 0. The number of likely N-dealkylation sites (tertiary alicyclic amines) is 1. The van der Waals surface area contributed by atoms with E-state index in [1.54, 1.807) is 6.92 Å². The summed E-state index contributed by atoms with van der Waals surface area (Å²) in [4.78, 5) is 13.5. The predicted octanol–water partition coefficient (Wildman–Crippen LogP) is 2.63. The average molecular weight is 249 g/mol. The molecule has 0 unspecified atom stereocenters. The summed E-state index contributed by atoms with van der Waals surface area (Å²) in [6, 6.07) is 0.